The monoisotopic (exact) mass is 300 g/mol. The first-order valence-corrected chi connectivity index (χ1v) is 7.21. The van der Waals surface area contributed by atoms with Crippen LogP contribution in [0.4, 0.5) is 0 Å². The van der Waals surface area contributed by atoms with Crippen LogP contribution in [0, 0.1) is 5.92 Å². The Balaban J connectivity index is 2.54. The molecule has 0 unspecified atom stereocenters. The van der Waals surface area contributed by atoms with Crippen LogP contribution in [0.1, 0.15) is 32.6 Å². The highest BCUT2D eigenvalue weighted by Gasteiger charge is 2.26. The first-order chi connectivity index (χ1) is 9.79. The van der Waals surface area contributed by atoms with Gasteiger partial charge in [0.15, 0.2) is 0 Å². The zero-order valence-corrected chi connectivity index (χ0v) is 12.6. The highest BCUT2D eigenvalue weighted by Crippen LogP contribution is 2.26. The number of nitrogens with zero attached hydrogens (tertiary/aromatic N) is 2. The van der Waals surface area contributed by atoms with Crippen molar-refractivity contribution < 1.29 is 24.6 Å². The van der Waals surface area contributed by atoms with E-state index in [1.54, 1.807) is 11.9 Å². The Kier molecular flexibility index (Phi) is 6.61. The van der Waals surface area contributed by atoms with Crippen LogP contribution in [-0.2, 0) is 14.4 Å². The Morgan fingerprint density at radius 2 is 1.43 bits per heavy atom. The second-order valence-electron chi connectivity index (χ2n) is 5.85. The van der Waals surface area contributed by atoms with E-state index in [0.717, 1.165) is 30.6 Å². The van der Waals surface area contributed by atoms with Crippen LogP contribution in [0.3, 0.4) is 0 Å². The van der Waals surface area contributed by atoms with Gasteiger partial charge in [-0.2, -0.15) is 0 Å². The first-order valence-electron chi connectivity index (χ1n) is 7.21. The van der Waals surface area contributed by atoms with E-state index < -0.39 is 25.0 Å². The molecule has 0 spiro atoms. The molecule has 0 heterocycles. The average Bonchev–Trinajstić information content (AvgIpc) is 2.37. The Morgan fingerprint density at radius 3 is 1.86 bits per heavy atom. The summed E-state index contributed by atoms with van der Waals surface area (Å²) in [6.07, 6.45) is 4.05. The minimum atomic E-state index is -1.14. The fourth-order valence-electron chi connectivity index (χ4n) is 2.69. The van der Waals surface area contributed by atoms with Crippen LogP contribution in [0.5, 0.6) is 0 Å². The topological polar surface area (TPSA) is 98.2 Å². The van der Waals surface area contributed by atoms with E-state index in [4.69, 9.17) is 10.2 Å². The molecule has 0 saturated heterocycles. The predicted octanol–water partition coefficient (Wildman–Crippen LogP) is 0.495. The molecule has 1 rings (SSSR count). The van der Waals surface area contributed by atoms with Gasteiger partial charge in [-0.05, 0) is 31.6 Å². The summed E-state index contributed by atoms with van der Waals surface area (Å²) in [4.78, 5) is 36.4. The zero-order valence-electron chi connectivity index (χ0n) is 12.6. The van der Waals surface area contributed by atoms with E-state index in [-0.39, 0.29) is 18.5 Å². The highest BCUT2D eigenvalue weighted by atomic mass is 16.4. The maximum atomic E-state index is 12.2. The standard InChI is InChI=1S/C14H24N2O5/c1-10-3-5-11(6-4-10)15(2)12(17)7-16(8-13(18)19)9-14(20)21/h10-11H,3-9H2,1-2H3,(H,18,19)(H,20,21). The van der Waals surface area contributed by atoms with E-state index in [0.29, 0.717) is 5.92 Å². The molecule has 1 aliphatic rings. The van der Waals surface area contributed by atoms with Gasteiger partial charge < -0.3 is 15.1 Å². The summed E-state index contributed by atoms with van der Waals surface area (Å²) in [6.45, 7) is 1.11. The van der Waals surface area contributed by atoms with Gasteiger partial charge in [-0.3, -0.25) is 19.3 Å². The summed E-state index contributed by atoms with van der Waals surface area (Å²) in [5.41, 5.74) is 0. The average molecular weight is 300 g/mol. The van der Waals surface area contributed by atoms with Crippen LogP contribution in [0.2, 0.25) is 0 Å². The molecule has 1 saturated carbocycles. The quantitative estimate of drug-likeness (QED) is 0.710. The van der Waals surface area contributed by atoms with Gasteiger partial charge >= 0.3 is 11.9 Å². The molecular weight excluding hydrogens is 276 g/mol. The summed E-state index contributed by atoms with van der Waals surface area (Å²) in [5, 5.41) is 17.5. The Hall–Kier alpha value is -1.63. The molecule has 0 aromatic heterocycles. The summed E-state index contributed by atoms with van der Waals surface area (Å²) in [5.74, 6) is -1.83. The van der Waals surface area contributed by atoms with Crippen molar-refractivity contribution in [2.45, 2.75) is 38.6 Å². The molecule has 7 nitrogen and oxygen atoms in total. The smallest absolute Gasteiger partial charge is 0.317 e. The van der Waals surface area contributed by atoms with Crippen molar-refractivity contribution in [3.8, 4) is 0 Å². The second kappa shape index (κ2) is 7.97. The van der Waals surface area contributed by atoms with Crippen LogP contribution in [0.15, 0.2) is 0 Å². The fourth-order valence-corrected chi connectivity index (χ4v) is 2.69. The highest BCUT2D eigenvalue weighted by molar-refractivity contribution is 5.80. The van der Waals surface area contributed by atoms with E-state index in [9.17, 15) is 14.4 Å². The summed E-state index contributed by atoms with van der Waals surface area (Å²) in [7, 11) is 1.71. The molecule has 0 radical (unpaired) electrons. The molecule has 0 aromatic rings. The van der Waals surface area contributed by atoms with Crippen LogP contribution in [-0.4, -0.2) is 70.6 Å². The number of likely N-dealkylation sites (N-methyl/N-ethyl adjacent to an activating group) is 1. The molecule has 21 heavy (non-hydrogen) atoms. The lowest BCUT2D eigenvalue weighted by atomic mass is 9.87. The van der Waals surface area contributed by atoms with Gasteiger partial charge in [-0.25, -0.2) is 0 Å². The predicted molar refractivity (Wildman–Crippen MR) is 75.9 cm³/mol. The molecule has 120 valence electrons. The van der Waals surface area contributed by atoms with Gasteiger partial charge in [0.2, 0.25) is 5.91 Å². The van der Waals surface area contributed by atoms with Crippen LogP contribution in [0.25, 0.3) is 0 Å². The van der Waals surface area contributed by atoms with E-state index >= 15 is 0 Å². The molecule has 1 amide bonds. The minimum absolute atomic E-state index is 0.171. The fraction of sp³-hybridized carbons (Fsp3) is 0.786. The lowest BCUT2D eigenvalue weighted by Crippen LogP contribution is -2.46. The van der Waals surface area contributed by atoms with Gasteiger partial charge in [-0.15, -0.1) is 0 Å². The Labute approximate surface area is 124 Å². The Morgan fingerprint density at radius 1 is 0.952 bits per heavy atom. The van der Waals surface area contributed by atoms with Crippen molar-refractivity contribution in [2.24, 2.45) is 5.92 Å². The van der Waals surface area contributed by atoms with Crippen molar-refractivity contribution in [1.29, 1.82) is 0 Å². The largest absolute Gasteiger partial charge is 0.480 e. The van der Waals surface area contributed by atoms with E-state index in [2.05, 4.69) is 6.92 Å². The molecular formula is C14H24N2O5. The maximum absolute atomic E-state index is 12.2. The Bertz CT molecular complexity index is 375. The molecule has 0 aromatic carbocycles. The number of carbonyl (C=O) groups is 3. The molecule has 2 N–H and O–H groups in total. The van der Waals surface area contributed by atoms with E-state index in [1.165, 1.54) is 0 Å². The number of rotatable bonds is 7. The van der Waals surface area contributed by atoms with Crippen LogP contribution < -0.4 is 0 Å². The summed E-state index contributed by atoms with van der Waals surface area (Å²) in [6, 6.07) is 0.171. The number of hydrogen-bond acceptors (Lipinski definition) is 4. The molecule has 0 bridgehead atoms. The maximum Gasteiger partial charge on any atom is 0.317 e. The molecule has 0 atom stereocenters. The zero-order chi connectivity index (χ0) is 16.0. The SMILES string of the molecule is CC1CCC(N(C)C(=O)CN(CC(=O)O)CC(=O)O)CC1. The lowest BCUT2D eigenvalue weighted by molar-refractivity contribution is -0.143. The lowest BCUT2D eigenvalue weighted by Gasteiger charge is -2.34. The van der Waals surface area contributed by atoms with Crippen molar-refractivity contribution >= 4 is 17.8 Å². The number of carboxylic acids is 2. The van der Waals surface area contributed by atoms with Gasteiger partial charge in [0, 0.05) is 13.1 Å². The number of aliphatic carboxylic acids is 2. The number of hydrogen-bond donors (Lipinski definition) is 2. The molecule has 0 aliphatic heterocycles. The molecule has 1 fully saturated rings. The van der Waals surface area contributed by atoms with E-state index in [1.807, 2.05) is 0 Å². The third kappa shape index (κ3) is 6.12. The summed E-state index contributed by atoms with van der Waals surface area (Å²) < 4.78 is 0. The van der Waals surface area contributed by atoms with Crippen molar-refractivity contribution in [3.63, 3.8) is 0 Å². The normalized spacial score (nSPS) is 22.0. The van der Waals surface area contributed by atoms with Crippen molar-refractivity contribution in [1.82, 2.24) is 9.80 Å². The van der Waals surface area contributed by atoms with Gasteiger partial charge in [0.25, 0.3) is 0 Å². The first kappa shape index (κ1) is 17.4. The summed E-state index contributed by atoms with van der Waals surface area (Å²) >= 11 is 0. The third-order valence-corrected chi connectivity index (χ3v) is 4.00. The molecule has 1 aliphatic carbocycles. The van der Waals surface area contributed by atoms with Gasteiger partial charge in [0.05, 0.1) is 19.6 Å². The minimum Gasteiger partial charge on any atom is -0.480 e. The third-order valence-electron chi connectivity index (χ3n) is 4.00. The van der Waals surface area contributed by atoms with Gasteiger partial charge in [-0.1, -0.05) is 6.92 Å². The molecule has 7 heteroatoms. The van der Waals surface area contributed by atoms with Gasteiger partial charge in [0.1, 0.15) is 0 Å². The van der Waals surface area contributed by atoms with Crippen LogP contribution >= 0.6 is 0 Å². The second-order valence-corrected chi connectivity index (χ2v) is 5.85. The van der Waals surface area contributed by atoms with Crippen molar-refractivity contribution in [2.75, 3.05) is 26.7 Å². The number of amides is 1. The number of carboxylic acid groups (broad SMARTS) is 2. The number of carbonyl (C=O) groups excluding carboxylic acids is 1. The van der Waals surface area contributed by atoms with Crippen molar-refractivity contribution in [3.05, 3.63) is 0 Å².